The molecule has 1 N–H and O–H groups in total. The average molecular weight is 453 g/mol. The predicted molar refractivity (Wildman–Crippen MR) is 130 cm³/mol. The number of benzene rings is 1. The van der Waals surface area contributed by atoms with Crippen molar-refractivity contribution in [3.8, 4) is 11.5 Å². The molecular weight excluding hydrogens is 430 g/mol. The zero-order valence-electron chi connectivity index (χ0n) is 18.6. The third-order valence-electron chi connectivity index (χ3n) is 5.05. The van der Waals surface area contributed by atoms with E-state index in [-0.39, 0.29) is 18.0 Å². The lowest BCUT2D eigenvalue weighted by molar-refractivity contribution is -0.121. The molecule has 0 aliphatic rings. The molecule has 0 spiro atoms. The number of nitrogens with zero attached hydrogens (tertiary/aromatic N) is 2. The maximum absolute atomic E-state index is 12.3. The Kier molecular flexibility index (Phi) is 7.25. The van der Waals surface area contributed by atoms with Crippen LogP contribution in [0.25, 0.3) is 23.2 Å². The fourth-order valence-electron chi connectivity index (χ4n) is 3.33. The number of carbonyl (C=O) groups excluding carboxylic acids is 2. The summed E-state index contributed by atoms with van der Waals surface area (Å²) in [5.41, 5.74) is 3.11. The highest BCUT2D eigenvalue weighted by molar-refractivity contribution is 6.11. The van der Waals surface area contributed by atoms with Crippen LogP contribution in [-0.2, 0) is 16.2 Å². The van der Waals surface area contributed by atoms with Crippen LogP contribution in [0.5, 0.6) is 11.5 Å². The van der Waals surface area contributed by atoms with Crippen molar-refractivity contribution in [2.24, 2.45) is 0 Å². The van der Waals surface area contributed by atoms with Crippen LogP contribution in [0.1, 0.15) is 23.2 Å². The number of allylic oxidation sites excluding steroid dienone is 2. The fourth-order valence-corrected chi connectivity index (χ4v) is 3.33. The zero-order chi connectivity index (χ0) is 23.8. The van der Waals surface area contributed by atoms with Crippen LogP contribution in [0.4, 0.5) is 0 Å². The van der Waals surface area contributed by atoms with Crippen LogP contribution in [0.15, 0.2) is 79.3 Å². The largest absolute Gasteiger partial charge is 0.496 e. The monoisotopic (exact) mass is 453 g/mol. The minimum absolute atomic E-state index is 0.221. The summed E-state index contributed by atoms with van der Waals surface area (Å²) in [6.45, 7) is 0.336. The van der Waals surface area contributed by atoms with Gasteiger partial charge in [-0.3, -0.25) is 14.6 Å². The number of nitrogens with one attached hydrogen (secondary N) is 1. The Hall–Kier alpha value is -4.52. The maximum atomic E-state index is 12.3. The highest BCUT2D eigenvalue weighted by atomic mass is 16.5. The summed E-state index contributed by atoms with van der Waals surface area (Å²) in [6, 6.07) is 14.7. The van der Waals surface area contributed by atoms with E-state index in [1.807, 2.05) is 30.3 Å². The molecule has 0 aliphatic heterocycles. The van der Waals surface area contributed by atoms with Crippen molar-refractivity contribution >= 4 is 34.8 Å². The van der Waals surface area contributed by atoms with Crippen molar-refractivity contribution in [1.82, 2.24) is 15.0 Å². The second kappa shape index (κ2) is 10.9. The van der Waals surface area contributed by atoms with Gasteiger partial charge in [0.1, 0.15) is 23.8 Å². The maximum Gasteiger partial charge on any atom is 0.163 e. The van der Waals surface area contributed by atoms with Crippen LogP contribution >= 0.6 is 0 Å². The number of rotatable bonds is 10. The molecule has 7 nitrogen and oxygen atoms in total. The first-order valence-electron chi connectivity index (χ1n) is 10.7. The van der Waals surface area contributed by atoms with E-state index < -0.39 is 0 Å². The molecule has 7 heteroatoms. The molecule has 0 saturated heterocycles. The second-order valence-electron chi connectivity index (χ2n) is 7.43. The first-order chi connectivity index (χ1) is 16.6. The van der Waals surface area contributed by atoms with Crippen LogP contribution < -0.4 is 9.47 Å². The van der Waals surface area contributed by atoms with Gasteiger partial charge in [0.25, 0.3) is 0 Å². The standard InChI is InChI=1S/C27H23N3O4/c1-33-26-16-24(34-18-21-5-2-3-13-28-21)12-9-19(26)7-10-22(31)15-23(32)11-8-20-17-30-27-25(20)6-4-14-29-27/h2-14,16-17H,15,18H2,1H3,(H,29,30)/b10-7+,11-8+. The number of hydrogen-bond acceptors (Lipinski definition) is 6. The number of methoxy groups -OCH3 is 1. The normalized spacial score (nSPS) is 11.3. The molecular formula is C27H23N3O4. The van der Waals surface area contributed by atoms with Gasteiger partial charge in [0.05, 0.1) is 19.2 Å². The van der Waals surface area contributed by atoms with Gasteiger partial charge in [0, 0.05) is 41.2 Å². The first-order valence-corrected chi connectivity index (χ1v) is 10.7. The van der Waals surface area contributed by atoms with Gasteiger partial charge in [-0.15, -0.1) is 0 Å². The van der Waals surface area contributed by atoms with Crippen molar-refractivity contribution in [3.63, 3.8) is 0 Å². The number of ketones is 2. The van der Waals surface area contributed by atoms with Crippen LogP contribution in [0.2, 0.25) is 0 Å². The number of pyridine rings is 2. The zero-order valence-corrected chi connectivity index (χ0v) is 18.6. The summed E-state index contributed by atoms with van der Waals surface area (Å²) in [5, 5.41) is 0.914. The minimum Gasteiger partial charge on any atom is -0.496 e. The molecule has 34 heavy (non-hydrogen) atoms. The quantitative estimate of drug-likeness (QED) is 0.274. The van der Waals surface area contributed by atoms with Crippen LogP contribution in [0.3, 0.4) is 0 Å². The van der Waals surface area contributed by atoms with Crippen LogP contribution in [0, 0.1) is 0 Å². The van der Waals surface area contributed by atoms with E-state index >= 15 is 0 Å². The van der Waals surface area contributed by atoms with Gasteiger partial charge in [-0.2, -0.15) is 0 Å². The molecule has 0 unspecified atom stereocenters. The molecule has 3 heterocycles. The van der Waals surface area contributed by atoms with Crippen molar-refractivity contribution in [3.05, 3.63) is 96.1 Å². The van der Waals surface area contributed by atoms with E-state index in [2.05, 4.69) is 15.0 Å². The third kappa shape index (κ3) is 5.83. The number of ether oxygens (including phenoxy) is 2. The van der Waals surface area contributed by atoms with Gasteiger partial charge in [-0.05, 0) is 60.7 Å². The molecule has 0 saturated carbocycles. The first kappa shape index (κ1) is 22.7. The molecule has 0 aliphatic carbocycles. The number of aromatic amines is 1. The van der Waals surface area contributed by atoms with Gasteiger partial charge < -0.3 is 14.5 Å². The minimum atomic E-state index is -0.298. The Labute approximate surface area is 196 Å². The number of carbonyl (C=O) groups is 2. The van der Waals surface area contributed by atoms with Crippen molar-refractivity contribution < 1.29 is 19.1 Å². The summed E-state index contributed by atoms with van der Waals surface area (Å²) in [4.78, 5) is 36.0. The van der Waals surface area contributed by atoms with E-state index in [9.17, 15) is 9.59 Å². The van der Waals surface area contributed by atoms with Gasteiger partial charge >= 0.3 is 0 Å². The summed E-state index contributed by atoms with van der Waals surface area (Å²) in [6.07, 6.45) is 11.1. The van der Waals surface area contributed by atoms with Crippen molar-refractivity contribution in [2.75, 3.05) is 7.11 Å². The highest BCUT2D eigenvalue weighted by Gasteiger charge is 2.08. The van der Waals surface area contributed by atoms with Gasteiger partial charge in [-0.25, -0.2) is 4.98 Å². The third-order valence-corrected chi connectivity index (χ3v) is 5.05. The van der Waals surface area contributed by atoms with Gasteiger partial charge in [0.15, 0.2) is 11.6 Å². The molecule has 0 atom stereocenters. The van der Waals surface area contributed by atoms with Crippen LogP contribution in [-0.4, -0.2) is 33.6 Å². The number of H-pyrrole nitrogens is 1. The predicted octanol–water partition coefficient (Wildman–Crippen LogP) is 4.80. The summed E-state index contributed by atoms with van der Waals surface area (Å²) < 4.78 is 11.2. The molecule has 0 fully saturated rings. The van der Waals surface area contributed by atoms with Gasteiger partial charge in [-0.1, -0.05) is 6.07 Å². The SMILES string of the molecule is COc1cc(OCc2ccccn2)ccc1/C=C/C(=O)CC(=O)/C=C/c1c[nH]c2ncccc12. The van der Waals surface area contributed by atoms with E-state index in [0.29, 0.717) is 23.7 Å². The van der Waals surface area contributed by atoms with E-state index in [1.165, 1.54) is 12.2 Å². The smallest absolute Gasteiger partial charge is 0.163 e. The lowest BCUT2D eigenvalue weighted by Gasteiger charge is -2.09. The lowest BCUT2D eigenvalue weighted by atomic mass is 10.1. The Morgan fingerprint density at radius 1 is 0.941 bits per heavy atom. The van der Waals surface area contributed by atoms with E-state index in [0.717, 1.165) is 22.3 Å². The lowest BCUT2D eigenvalue weighted by Crippen LogP contribution is -2.02. The summed E-state index contributed by atoms with van der Waals surface area (Å²) in [7, 11) is 1.55. The Morgan fingerprint density at radius 2 is 1.74 bits per heavy atom. The average Bonchev–Trinajstić information content (AvgIpc) is 3.29. The number of aromatic nitrogens is 3. The fraction of sp³-hybridized carbons (Fsp3) is 0.111. The molecule has 4 rings (SSSR count). The Morgan fingerprint density at radius 3 is 2.50 bits per heavy atom. The Balaban J connectivity index is 1.34. The molecule has 3 aromatic heterocycles. The second-order valence-corrected chi connectivity index (χ2v) is 7.43. The molecule has 170 valence electrons. The molecule has 0 bridgehead atoms. The topological polar surface area (TPSA) is 94.2 Å². The molecule has 4 aromatic rings. The summed E-state index contributed by atoms with van der Waals surface area (Å²) >= 11 is 0. The Bertz CT molecular complexity index is 1360. The number of hydrogen-bond donors (Lipinski definition) is 1. The molecule has 0 radical (unpaired) electrons. The molecule has 0 amide bonds. The molecule has 1 aromatic carbocycles. The van der Waals surface area contributed by atoms with Gasteiger partial charge in [0.2, 0.25) is 0 Å². The number of fused-ring (bicyclic) bond motifs is 1. The summed E-state index contributed by atoms with van der Waals surface area (Å²) in [5.74, 6) is 0.603. The van der Waals surface area contributed by atoms with Crippen molar-refractivity contribution in [2.45, 2.75) is 13.0 Å². The van der Waals surface area contributed by atoms with Crippen molar-refractivity contribution in [1.29, 1.82) is 0 Å². The highest BCUT2D eigenvalue weighted by Crippen LogP contribution is 2.26. The van der Waals surface area contributed by atoms with E-state index in [4.69, 9.17) is 9.47 Å². The van der Waals surface area contributed by atoms with E-state index in [1.54, 1.807) is 56.1 Å².